The summed E-state index contributed by atoms with van der Waals surface area (Å²) in [6.45, 7) is 9.10. The molecule has 0 aliphatic carbocycles. The number of aromatic nitrogens is 1. The number of fused-ring (bicyclic) bond motifs is 1. The number of hydrogen-bond donors (Lipinski definition) is 2. The summed E-state index contributed by atoms with van der Waals surface area (Å²) in [6.07, 6.45) is 1.36. The number of aryl methyl sites for hydroxylation is 1. The van der Waals surface area contributed by atoms with E-state index in [0.29, 0.717) is 22.2 Å². The highest BCUT2D eigenvalue weighted by Gasteiger charge is 2.20. The fraction of sp³-hybridized carbons (Fsp3) is 0.550. The molecule has 1 amide bonds. The van der Waals surface area contributed by atoms with Crippen molar-refractivity contribution in [3.63, 3.8) is 0 Å². The molecule has 1 saturated heterocycles. The van der Waals surface area contributed by atoms with Crippen molar-refractivity contribution >= 4 is 28.7 Å². The minimum atomic E-state index is -0.607. The van der Waals surface area contributed by atoms with E-state index >= 15 is 0 Å². The summed E-state index contributed by atoms with van der Waals surface area (Å²) in [5.74, 6) is 0. The smallest absolute Gasteiger partial charge is 0.412 e. The second-order valence-electron chi connectivity index (χ2n) is 8.29. The van der Waals surface area contributed by atoms with E-state index in [2.05, 4.69) is 27.6 Å². The fourth-order valence-electron chi connectivity index (χ4n) is 3.26. The molecule has 1 aromatic carbocycles. The van der Waals surface area contributed by atoms with Crippen molar-refractivity contribution in [1.82, 2.24) is 9.88 Å². The Kier molecular flexibility index (Phi) is 5.60. The van der Waals surface area contributed by atoms with E-state index in [0.717, 1.165) is 25.9 Å². The number of nitrogens with one attached hydrogen (secondary N) is 2. The van der Waals surface area contributed by atoms with Gasteiger partial charge in [-0.05, 0) is 78.4 Å². The third-order valence-corrected chi connectivity index (χ3v) is 4.74. The maximum absolute atomic E-state index is 12.6. The highest BCUT2D eigenvalue weighted by atomic mass is 16.6. The molecule has 1 aliphatic rings. The van der Waals surface area contributed by atoms with E-state index in [1.54, 1.807) is 39.8 Å². The van der Waals surface area contributed by atoms with Crippen LogP contribution in [0, 0.1) is 6.92 Å². The molecule has 1 aliphatic heterocycles. The molecule has 0 bridgehead atoms. The number of ether oxygens (including phenoxy) is 1. The Morgan fingerprint density at radius 2 is 1.96 bits per heavy atom. The number of hydrogen-bond acceptors (Lipinski definition) is 7. The minimum Gasteiger partial charge on any atom is -0.444 e. The third kappa shape index (κ3) is 4.81. The van der Waals surface area contributed by atoms with Crippen LogP contribution in [0.3, 0.4) is 0 Å². The van der Waals surface area contributed by atoms with E-state index in [4.69, 9.17) is 9.15 Å². The van der Waals surface area contributed by atoms with Gasteiger partial charge < -0.3 is 19.4 Å². The fourth-order valence-corrected chi connectivity index (χ4v) is 3.26. The normalized spacial score (nSPS) is 16.2. The first-order valence-corrected chi connectivity index (χ1v) is 9.52. The molecule has 0 radical (unpaired) electrons. The van der Waals surface area contributed by atoms with Gasteiger partial charge in [0, 0.05) is 11.7 Å². The van der Waals surface area contributed by atoms with Gasteiger partial charge in [0.1, 0.15) is 5.60 Å². The Bertz CT molecular complexity index is 924. The standard InChI is InChI=1S/C20H28N4O4/c1-12-14(23-19(26)28-20(2,3)4)6-7-15-16(12)17(25)27-18(22-15)21-13-8-10-24(5)11-9-13/h6-7,13H,8-11H2,1-5H3,(H,21,22)(H,23,26). The number of carbonyl (C=O) groups excluding carboxylic acids is 1. The largest absolute Gasteiger partial charge is 0.444 e. The molecule has 2 heterocycles. The lowest BCUT2D eigenvalue weighted by atomic mass is 10.1. The average Bonchev–Trinajstić information content (AvgIpc) is 2.57. The van der Waals surface area contributed by atoms with Crippen LogP contribution in [0.15, 0.2) is 21.3 Å². The quantitative estimate of drug-likeness (QED) is 0.832. The first kappa shape index (κ1) is 20.1. The Morgan fingerprint density at radius 1 is 1.29 bits per heavy atom. The van der Waals surface area contributed by atoms with Crippen LogP contribution in [-0.4, -0.2) is 47.8 Å². The second kappa shape index (κ2) is 7.79. The molecule has 152 valence electrons. The van der Waals surface area contributed by atoms with Gasteiger partial charge in [0.15, 0.2) is 0 Å². The van der Waals surface area contributed by atoms with E-state index < -0.39 is 17.3 Å². The minimum absolute atomic E-state index is 0.235. The SMILES string of the molecule is Cc1c(NC(=O)OC(C)(C)C)ccc2nc(NC3CCN(C)CC3)oc(=O)c12. The summed E-state index contributed by atoms with van der Waals surface area (Å²) in [6, 6.07) is 3.89. The van der Waals surface area contributed by atoms with Gasteiger partial charge in [-0.25, -0.2) is 9.59 Å². The van der Waals surface area contributed by atoms with Crippen LogP contribution in [0.25, 0.3) is 10.9 Å². The molecule has 0 unspecified atom stereocenters. The Labute approximate surface area is 164 Å². The summed E-state index contributed by atoms with van der Waals surface area (Å²) >= 11 is 0. The predicted molar refractivity (Wildman–Crippen MR) is 109 cm³/mol. The number of piperidine rings is 1. The van der Waals surface area contributed by atoms with Crippen molar-refractivity contribution in [3.8, 4) is 0 Å². The van der Waals surface area contributed by atoms with Gasteiger partial charge in [0.25, 0.3) is 6.01 Å². The average molecular weight is 388 g/mol. The lowest BCUT2D eigenvalue weighted by Gasteiger charge is -2.29. The van der Waals surface area contributed by atoms with Crippen molar-refractivity contribution < 1.29 is 13.9 Å². The van der Waals surface area contributed by atoms with Crippen LogP contribution in [0.1, 0.15) is 39.2 Å². The number of rotatable bonds is 3. The molecule has 8 nitrogen and oxygen atoms in total. The van der Waals surface area contributed by atoms with Crippen LogP contribution in [0.5, 0.6) is 0 Å². The zero-order chi connectivity index (χ0) is 20.5. The first-order valence-electron chi connectivity index (χ1n) is 9.52. The maximum Gasteiger partial charge on any atom is 0.412 e. The van der Waals surface area contributed by atoms with Gasteiger partial charge in [0.05, 0.1) is 10.9 Å². The summed E-state index contributed by atoms with van der Waals surface area (Å²) in [5, 5.41) is 6.26. The van der Waals surface area contributed by atoms with Crippen molar-refractivity contribution in [2.75, 3.05) is 30.8 Å². The van der Waals surface area contributed by atoms with Crippen molar-refractivity contribution in [1.29, 1.82) is 0 Å². The highest BCUT2D eigenvalue weighted by Crippen LogP contribution is 2.24. The zero-order valence-electron chi connectivity index (χ0n) is 17.1. The molecule has 3 rings (SSSR count). The van der Waals surface area contributed by atoms with Crippen molar-refractivity contribution in [3.05, 3.63) is 28.1 Å². The molecular weight excluding hydrogens is 360 g/mol. The Morgan fingerprint density at radius 3 is 2.61 bits per heavy atom. The van der Waals surface area contributed by atoms with Crippen LogP contribution in [0.2, 0.25) is 0 Å². The topological polar surface area (TPSA) is 96.7 Å². The first-order chi connectivity index (χ1) is 13.1. The molecule has 1 aromatic heterocycles. The number of nitrogens with zero attached hydrogens (tertiary/aromatic N) is 2. The highest BCUT2D eigenvalue weighted by molar-refractivity contribution is 5.93. The molecule has 0 atom stereocenters. The Hall–Kier alpha value is -2.61. The van der Waals surface area contributed by atoms with Crippen molar-refractivity contribution in [2.24, 2.45) is 0 Å². The van der Waals surface area contributed by atoms with E-state index in [1.165, 1.54) is 0 Å². The van der Waals surface area contributed by atoms with Crippen LogP contribution >= 0.6 is 0 Å². The van der Waals surface area contributed by atoms with Crippen molar-refractivity contribution in [2.45, 2.75) is 52.2 Å². The van der Waals surface area contributed by atoms with E-state index in [9.17, 15) is 9.59 Å². The van der Waals surface area contributed by atoms with Gasteiger partial charge in [-0.3, -0.25) is 5.32 Å². The van der Waals surface area contributed by atoms with Crippen LogP contribution in [-0.2, 0) is 4.74 Å². The summed E-state index contributed by atoms with van der Waals surface area (Å²) in [4.78, 5) is 31.3. The van der Waals surface area contributed by atoms with Crippen LogP contribution in [0.4, 0.5) is 16.5 Å². The van der Waals surface area contributed by atoms with Gasteiger partial charge >= 0.3 is 11.7 Å². The summed E-state index contributed by atoms with van der Waals surface area (Å²) in [7, 11) is 2.09. The predicted octanol–water partition coefficient (Wildman–Crippen LogP) is 3.35. The summed E-state index contributed by atoms with van der Waals surface area (Å²) in [5.41, 5.74) is 0.524. The summed E-state index contributed by atoms with van der Waals surface area (Å²) < 4.78 is 10.7. The van der Waals surface area contributed by atoms with Gasteiger partial charge in [-0.2, -0.15) is 4.98 Å². The van der Waals surface area contributed by atoms with Gasteiger partial charge in [0.2, 0.25) is 0 Å². The second-order valence-corrected chi connectivity index (χ2v) is 8.29. The molecule has 8 heteroatoms. The molecule has 2 aromatic rings. The zero-order valence-corrected chi connectivity index (χ0v) is 17.1. The number of anilines is 2. The molecular formula is C20H28N4O4. The molecule has 28 heavy (non-hydrogen) atoms. The third-order valence-electron chi connectivity index (χ3n) is 4.74. The molecule has 0 spiro atoms. The monoisotopic (exact) mass is 388 g/mol. The Balaban J connectivity index is 1.82. The molecule has 0 saturated carbocycles. The lowest BCUT2D eigenvalue weighted by molar-refractivity contribution is 0.0636. The van der Waals surface area contributed by atoms with E-state index in [1.807, 2.05) is 0 Å². The number of amides is 1. The number of carbonyl (C=O) groups is 1. The number of benzene rings is 1. The maximum atomic E-state index is 12.6. The van der Waals surface area contributed by atoms with Gasteiger partial charge in [-0.1, -0.05) is 0 Å². The van der Waals surface area contributed by atoms with E-state index in [-0.39, 0.29) is 12.1 Å². The molecule has 1 fully saturated rings. The molecule has 2 N–H and O–H groups in total. The van der Waals surface area contributed by atoms with Crippen LogP contribution < -0.4 is 16.3 Å². The number of likely N-dealkylation sites (tertiary alicyclic amines) is 1. The van der Waals surface area contributed by atoms with Gasteiger partial charge in [-0.15, -0.1) is 0 Å². The lowest BCUT2D eigenvalue weighted by Crippen LogP contribution is -2.37.